The number of nitrogen functional groups attached to an aromatic ring is 1. The van der Waals surface area contributed by atoms with E-state index in [-0.39, 0.29) is 12.3 Å². The average Bonchev–Trinajstić information content (AvgIpc) is 2.71. The minimum Gasteiger partial charge on any atom is -0.384 e. The molecule has 18 heavy (non-hydrogen) atoms. The number of anilines is 2. The Balaban J connectivity index is 1.99. The van der Waals surface area contributed by atoms with E-state index in [1.807, 2.05) is 0 Å². The van der Waals surface area contributed by atoms with Crippen LogP contribution in [0.1, 0.15) is 6.42 Å². The first kappa shape index (κ1) is 10.5. The monoisotopic (exact) mass is 246 g/mol. The lowest BCUT2D eigenvalue weighted by molar-refractivity contribution is -0.120. The highest BCUT2D eigenvalue weighted by Crippen LogP contribution is 2.17. The zero-order valence-corrected chi connectivity index (χ0v) is 9.33. The van der Waals surface area contributed by atoms with Crippen LogP contribution in [0.2, 0.25) is 0 Å². The van der Waals surface area contributed by atoms with Crippen molar-refractivity contribution in [2.45, 2.75) is 6.42 Å². The Labute approximate surface area is 101 Å². The first-order valence-electron chi connectivity index (χ1n) is 5.37. The van der Waals surface area contributed by atoms with Gasteiger partial charge in [0.15, 0.2) is 11.5 Å². The van der Waals surface area contributed by atoms with Gasteiger partial charge < -0.3 is 5.73 Å². The standard InChI is InChI=1S/C10H10N6O2/c11-6-1-4-16-7(12-6)5-8(14-16)15-3-2-9(17)13-10(15)18/h1,4-5H,2-3H2,(H2,11,12)(H,13,17,18). The Morgan fingerprint density at radius 3 is 3.00 bits per heavy atom. The van der Waals surface area contributed by atoms with Gasteiger partial charge in [-0.1, -0.05) is 0 Å². The quantitative estimate of drug-likeness (QED) is 0.722. The average molecular weight is 246 g/mol. The number of carbonyl (C=O) groups excluding carboxylic acids is 2. The second kappa shape index (κ2) is 3.69. The first-order chi connectivity index (χ1) is 8.63. The normalized spacial score (nSPS) is 16.1. The number of imide groups is 1. The summed E-state index contributed by atoms with van der Waals surface area (Å²) in [4.78, 5) is 28.2. The predicted molar refractivity (Wildman–Crippen MR) is 62.9 cm³/mol. The molecule has 8 heteroatoms. The van der Waals surface area contributed by atoms with Crippen LogP contribution in [0.25, 0.3) is 5.65 Å². The lowest BCUT2D eigenvalue weighted by Crippen LogP contribution is -2.49. The SMILES string of the molecule is Nc1ccn2nc(N3CCC(=O)NC3=O)cc2n1. The van der Waals surface area contributed by atoms with Gasteiger partial charge in [0.2, 0.25) is 5.91 Å². The lowest BCUT2D eigenvalue weighted by atomic mass is 10.3. The first-order valence-corrected chi connectivity index (χ1v) is 5.37. The van der Waals surface area contributed by atoms with Crippen LogP contribution in [-0.4, -0.2) is 33.1 Å². The summed E-state index contributed by atoms with van der Waals surface area (Å²) >= 11 is 0. The molecule has 2 aromatic rings. The maximum atomic E-state index is 11.6. The molecule has 0 spiro atoms. The minimum absolute atomic E-state index is 0.259. The molecule has 0 atom stereocenters. The summed E-state index contributed by atoms with van der Waals surface area (Å²) < 4.78 is 1.52. The molecule has 0 saturated carbocycles. The van der Waals surface area contributed by atoms with E-state index < -0.39 is 6.03 Å². The molecular weight excluding hydrogens is 236 g/mol. The van der Waals surface area contributed by atoms with E-state index in [2.05, 4.69) is 15.4 Å². The zero-order chi connectivity index (χ0) is 12.7. The van der Waals surface area contributed by atoms with Crippen LogP contribution in [0.4, 0.5) is 16.4 Å². The van der Waals surface area contributed by atoms with Crippen molar-refractivity contribution in [3.8, 4) is 0 Å². The number of urea groups is 1. The fourth-order valence-corrected chi connectivity index (χ4v) is 1.80. The molecular formula is C10H10N6O2. The van der Waals surface area contributed by atoms with E-state index in [1.165, 1.54) is 9.42 Å². The van der Waals surface area contributed by atoms with Crippen LogP contribution in [0.15, 0.2) is 18.3 Å². The highest BCUT2D eigenvalue weighted by molar-refractivity contribution is 6.05. The van der Waals surface area contributed by atoms with Gasteiger partial charge in [-0.25, -0.2) is 14.3 Å². The molecule has 1 saturated heterocycles. The van der Waals surface area contributed by atoms with E-state index in [9.17, 15) is 9.59 Å². The number of aromatic nitrogens is 3. The van der Waals surface area contributed by atoms with Gasteiger partial charge >= 0.3 is 6.03 Å². The summed E-state index contributed by atoms with van der Waals surface area (Å²) in [6.45, 7) is 0.310. The molecule has 3 rings (SSSR count). The molecule has 0 unspecified atom stereocenters. The molecule has 1 aliphatic rings. The second-order valence-corrected chi connectivity index (χ2v) is 3.91. The summed E-state index contributed by atoms with van der Waals surface area (Å²) in [5.74, 6) is 0.549. The fourth-order valence-electron chi connectivity index (χ4n) is 1.80. The van der Waals surface area contributed by atoms with Crippen LogP contribution in [0.5, 0.6) is 0 Å². The van der Waals surface area contributed by atoms with Crippen LogP contribution < -0.4 is 16.0 Å². The number of rotatable bonds is 1. The molecule has 0 bridgehead atoms. The van der Waals surface area contributed by atoms with Gasteiger partial charge in [-0.3, -0.25) is 15.0 Å². The summed E-state index contributed by atoms with van der Waals surface area (Å²) in [5.41, 5.74) is 6.12. The Hall–Kier alpha value is -2.64. The van der Waals surface area contributed by atoms with Gasteiger partial charge in [0, 0.05) is 25.2 Å². The zero-order valence-electron chi connectivity index (χ0n) is 9.33. The number of hydrogen-bond donors (Lipinski definition) is 2. The van der Waals surface area contributed by atoms with Crippen LogP contribution in [0, 0.1) is 0 Å². The van der Waals surface area contributed by atoms with Crippen molar-refractivity contribution in [2.24, 2.45) is 0 Å². The summed E-state index contributed by atoms with van der Waals surface area (Å²) in [6.07, 6.45) is 1.92. The Morgan fingerprint density at radius 2 is 2.22 bits per heavy atom. The molecule has 92 valence electrons. The van der Waals surface area contributed by atoms with Crippen molar-refractivity contribution in [3.05, 3.63) is 18.3 Å². The summed E-state index contributed by atoms with van der Waals surface area (Å²) in [7, 11) is 0. The third-order valence-electron chi connectivity index (χ3n) is 2.66. The Kier molecular flexibility index (Phi) is 2.15. The molecule has 0 aliphatic carbocycles. The van der Waals surface area contributed by atoms with Crippen LogP contribution in [0.3, 0.4) is 0 Å². The van der Waals surface area contributed by atoms with E-state index in [1.54, 1.807) is 18.3 Å². The van der Waals surface area contributed by atoms with Gasteiger partial charge in [0.1, 0.15) is 5.82 Å². The maximum absolute atomic E-state index is 11.6. The van der Waals surface area contributed by atoms with E-state index in [0.717, 1.165) is 0 Å². The number of hydrogen-bond acceptors (Lipinski definition) is 5. The highest BCUT2D eigenvalue weighted by Gasteiger charge is 2.26. The molecule has 0 radical (unpaired) electrons. The lowest BCUT2D eigenvalue weighted by Gasteiger charge is -2.23. The van der Waals surface area contributed by atoms with Gasteiger partial charge in [-0.2, -0.15) is 0 Å². The molecule has 2 aromatic heterocycles. The van der Waals surface area contributed by atoms with Crippen molar-refractivity contribution >= 4 is 29.2 Å². The fraction of sp³-hybridized carbons (Fsp3) is 0.200. The van der Waals surface area contributed by atoms with Gasteiger partial charge in [0.05, 0.1) is 0 Å². The highest BCUT2D eigenvalue weighted by atomic mass is 16.2. The number of nitrogens with zero attached hydrogens (tertiary/aromatic N) is 4. The minimum atomic E-state index is -0.470. The molecule has 3 amide bonds. The van der Waals surface area contributed by atoms with Crippen molar-refractivity contribution in [2.75, 3.05) is 17.2 Å². The van der Waals surface area contributed by atoms with Gasteiger partial charge in [-0.15, -0.1) is 5.10 Å². The maximum Gasteiger partial charge on any atom is 0.329 e. The molecule has 1 fully saturated rings. The second-order valence-electron chi connectivity index (χ2n) is 3.91. The molecule has 3 heterocycles. The van der Waals surface area contributed by atoms with E-state index in [4.69, 9.17) is 5.73 Å². The number of carbonyl (C=O) groups is 2. The Morgan fingerprint density at radius 1 is 1.39 bits per heavy atom. The number of nitrogens with two attached hydrogens (primary N) is 1. The third kappa shape index (κ3) is 1.63. The van der Waals surface area contributed by atoms with Crippen molar-refractivity contribution < 1.29 is 9.59 Å². The van der Waals surface area contributed by atoms with E-state index in [0.29, 0.717) is 23.8 Å². The van der Waals surface area contributed by atoms with Crippen LogP contribution >= 0.6 is 0 Å². The number of nitrogens with one attached hydrogen (secondary N) is 1. The molecule has 8 nitrogen and oxygen atoms in total. The van der Waals surface area contributed by atoms with Crippen LogP contribution in [-0.2, 0) is 4.79 Å². The number of amides is 3. The largest absolute Gasteiger partial charge is 0.384 e. The summed E-state index contributed by atoms with van der Waals surface area (Å²) in [5, 5.41) is 6.44. The van der Waals surface area contributed by atoms with Crippen molar-refractivity contribution in [1.29, 1.82) is 0 Å². The van der Waals surface area contributed by atoms with Gasteiger partial charge in [0.25, 0.3) is 0 Å². The smallest absolute Gasteiger partial charge is 0.329 e. The molecule has 0 aromatic carbocycles. The van der Waals surface area contributed by atoms with E-state index >= 15 is 0 Å². The van der Waals surface area contributed by atoms with Crippen molar-refractivity contribution in [3.63, 3.8) is 0 Å². The molecule has 3 N–H and O–H groups in total. The Bertz CT molecular complexity index is 649. The predicted octanol–water partition coefficient (Wildman–Crippen LogP) is -0.242. The number of fused-ring (bicyclic) bond motifs is 1. The van der Waals surface area contributed by atoms with Crippen molar-refractivity contribution in [1.82, 2.24) is 19.9 Å². The summed E-state index contributed by atoms with van der Waals surface area (Å²) in [6, 6.07) is 2.79. The third-order valence-corrected chi connectivity index (χ3v) is 2.66. The van der Waals surface area contributed by atoms with Gasteiger partial charge in [-0.05, 0) is 6.07 Å². The topological polar surface area (TPSA) is 106 Å². The molecule has 1 aliphatic heterocycles.